The zero-order valence-electron chi connectivity index (χ0n) is 7.04. The second-order valence-corrected chi connectivity index (χ2v) is 3.15. The number of carbonyl (C=O) groups excluding carboxylic acids is 1. The molecule has 1 aromatic carbocycles. The molecule has 1 aromatic heterocycles. The number of fused-ring (bicyclic) bond motifs is 1. The molecule has 0 fully saturated rings. The van der Waals surface area contributed by atoms with Gasteiger partial charge in [0.15, 0.2) is 0 Å². The number of benzene rings is 1. The third kappa shape index (κ3) is 1.17. The Kier molecular flexibility index (Phi) is 1.99. The Labute approximate surface area is 84.9 Å². The van der Waals surface area contributed by atoms with E-state index < -0.39 is 5.24 Å². The van der Waals surface area contributed by atoms with Crippen LogP contribution in [0.25, 0.3) is 10.9 Å². The van der Waals surface area contributed by atoms with Crippen LogP contribution in [0, 0.1) is 11.3 Å². The highest BCUT2D eigenvalue weighted by Gasteiger charge is 2.14. The summed E-state index contributed by atoms with van der Waals surface area (Å²) in [7, 11) is 0. The van der Waals surface area contributed by atoms with Crippen molar-refractivity contribution in [1.82, 2.24) is 4.98 Å². The molecular weight excluding hydrogens is 200 g/mol. The Balaban J connectivity index is 2.87. The number of hydrogen-bond acceptors (Lipinski definition) is 2. The Hall–Kier alpha value is -1.79. The lowest BCUT2D eigenvalue weighted by Gasteiger charge is -1.86. The summed E-state index contributed by atoms with van der Waals surface area (Å²) in [5.74, 6) is 0. The van der Waals surface area contributed by atoms with Crippen LogP contribution in [0.2, 0.25) is 0 Å². The maximum Gasteiger partial charge on any atom is 0.270 e. The number of rotatable bonds is 1. The maximum absolute atomic E-state index is 11.0. The van der Waals surface area contributed by atoms with E-state index in [4.69, 9.17) is 16.9 Å². The van der Waals surface area contributed by atoms with Gasteiger partial charge in [0, 0.05) is 10.9 Å². The number of hydrogen-bond donors (Lipinski definition) is 1. The molecule has 1 heterocycles. The first-order valence-electron chi connectivity index (χ1n) is 3.94. The number of para-hydroxylation sites is 1. The van der Waals surface area contributed by atoms with Gasteiger partial charge in [-0.05, 0) is 17.7 Å². The Morgan fingerprint density at radius 1 is 1.43 bits per heavy atom. The lowest BCUT2D eigenvalue weighted by Crippen LogP contribution is -1.91. The second-order valence-electron chi connectivity index (χ2n) is 2.81. The molecule has 0 atom stereocenters. The van der Waals surface area contributed by atoms with Gasteiger partial charge in [0.1, 0.15) is 11.8 Å². The lowest BCUT2D eigenvalue weighted by molar-refractivity contribution is 0.107. The molecule has 0 radical (unpaired) electrons. The molecule has 0 aliphatic rings. The van der Waals surface area contributed by atoms with Gasteiger partial charge in [-0.2, -0.15) is 5.26 Å². The molecule has 0 bridgehead atoms. The van der Waals surface area contributed by atoms with Gasteiger partial charge in [-0.1, -0.05) is 18.2 Å². The third-order valence-electron chi connectivity index (χ3n) is 2.01. The highest BCUT2D eigenvalue weighted by Crippen LogP contribution is 2.22. The fourth-order valence-corrected chi connectivity index (χ4v) is 1.55. The maximum atomic E-state index is 11.0. The minimum absolute atomic E-state index is 0.162. The zero-order chi connectivity index (χ0) is 10.1. The quantitative estimate of drug-likeness (QED) is 0.726. The molecule has 0 spiro atoms. The summed E-state index contributed by atoms with van der Waals surface area (Å²) >= 11 is 5.34. The van der Waals surface area contributed by atoms with Crippen molar-refractivity contribution in [2.24, 2.45) is 0 Å². The van der Waals surface area contributed by atoms with Crippen molar-refractivity contribution in [3.05, 3.63) is 35.5 Å². The highest BCUT2D eigenvalue weighted by molar-refractivity contribution is 6.67. The Morgan fingerprint density at radius 3 is 2.79 bits per heavy atom. The van der Waals surface area contributed by atoms with Gasteiger partial charge in [-0.3, -0.25) is 4.79 Å². The van der Waals surface area contributed by atoms with Crippen LogP contribution in [-0.4, -0.2) is 10.2 Å². The summed E-state index contributed by atoms with van der Waals surface area (Å²) in [6, 6.07) is 9.15. The predicted molar refractivity (Wildman–Crippen MR) is 53.2 cm³/mol. The van der Waals surface area contributed by atoms with Gasteiger partial charge in [-0.15, -0.1) is 0 Å². The number of H-pyrrole nitrogens is 1. The van der Waals surface area contributed by atoms with Crippen LogP contribution in [0.5, 0.6) is 0 Å². The standard InChI is InChI=1S/C10H5ClN2O/c11-10(14)9-7(5-12)6-3-1-2-4-8(6)13-9/h1-4,13H. The van der Waals surface area contributed by atoms with Crippen molar-refractivity contribution in [1.29, 1.82) is 5.26 Å². The van der Waals surface area contributed by atoms with Crippen molar-refractivity contribution < 1.29 is 4.79 Å². The lowest BCUT2D eigenvalue weighted by atomic mass is 10.1. The molecule has 0 unspecified atom stereocenters. The fourth-order valence-electron chi connectivity index (χ4n) is 1.41. The summed E-state index contributed by atoms with van der Waals surface area (Å²) in [5.41, 5.74) is 1.21. The zero-order valence-corrected chi connectivity index (χ0v) is 7.80. The summed E-state index contributed by atoms with van der Waals surface area (Å²) < 4.78 is 0. The highest BCUT2D eigenvalue weighted by atomic mass is 35.5. The molecule has 14 heavy (non-hydrogen) atoms. The largest absolute Gasteiger partial charge is 0.350 e. The van der Waals surface area contributed by atoms with E-state index in [-0.39, 0.29) is 5.69 Å². The van der Waals surface area contributed by atoms with Crippen LogP contribution in [-0.2, 0) is 0 Å². The van der Waals surface area contributed by atoms with Crippen molar-refractivity contribution in [3.63, 3.8) is 0 Å². The van der Waals surface area contributed by atoms with Gasteiger partial charge in [0.25, 0.3) is 5.24 Å². The Morgan fingerprint density at radius 2 is 2.14 bits per heavy atom. The number of halogens is 1. The Bertz CT molecular complexity index is 551. The van der Waals surface area contributed by atoms with Crippen molar-refractivity contribution in [2.75, 3.05) is 0 Å². The van der Waals surface area contributed by atoms with Crippen molar-refractivity contribution in [2.45, 2.75) is 0 Å². The summed E-state index contributed by atoms with van der Waals surface area (Å²) in [5, 5.41) is 8.95. The fraction of sp³-hybridized carbons (Fsp3) is 0. The van der Waals surface area contributed by atoms with Crippen molar-refractivity contribution >= 4 is 27.7 Å². The predicted octanol–water partition coefficient (Wildman–Crippen LogP) is 2.42. The van der Waals surface area contributed by atoms with Crippen LogP contribution in [0.4, 0.5) is 0 Å². The van der Waals surface area contributed by atoms with Crippen LogP contribution >= 0.6 is 11.6 Å². The van der Waals surface area contributed by atoms with Gasteiger partial charge in [0.2, 0.25) is 0 Å². The average molecular weight is 205 g/mol. The first-order chi connectivity index (χ1) is 6.74. The van der Waals surface area contributed by atoms with E-state index in [9.17, 15) is 4.79 Å². The van der Waals surface area contributed by atoms with E-state index in [1.807, 2.05) is 12.1 Å². The van der Waals surface area contributed by atoms with Gasteiger partial charge < -0.3 is 4.98 Å². The van der Waals surface area contributed by atoms with E-state index in [1.165, 1.54) is 0 Å². The second kappa shape index (κ2) is 3.17. The van der Waals surface area contributed by atoms with Crippen molar-refractivity contribution in [3.8, 4) is 6.07 Å². The molecular formula is C10H5ClN2O. The molecule has 0 aliphatic carbocycles. The first kappa shape index (κ1) is 8.79. The van der Waals surface area contributed by atoms with Crippen LogP contribution in [0.15, 0.2) is 24.3 Å². The van der Waals surface area contributed by atoms with Gasteiger partial charge >= 0.3 is 0 Å². The van der Waals surface area contributed by atoms with E-state index in [0.717, 1.165) is 10.9 Å². The number of nitriles is 1. The average Bonchev–Trinajstić information content (AvgIpc) is 2.56. The van der Waals surface area contributed by atoms with E-state index in [0.29, 0.717) is 5.56 Å². The smallest absolute Gasteiger partial charge is 0.270 e. The minimum atomic E-state index is -0.641. The molecule has 4 heteroatoms. The van der Waals surface area contributed by atoms with Crippen LogP contribution < -0.4 is 0 Å². The SMILES string of the molecule is N#Cc1c(C(=O)Cl)[nH]c2ccccc12. The monoisotopic (exact) mass is 204 g/mol. The normalized spacial score (nSPS) is 10.0. The third-order valence-corrected chi connectivity index (χ3v) is 2.20. The topological polar surface area (TPSA) is 56.6 Å². The summed E-state index contributed by atoms with van der Waals surface area (Å²) in [6.07, 6.45) is 0. The van der Waals surface area contributed by atoms with Crippen LogP contribution in [0.1, 0.15) is 16.1 Å². The van der Waals surface area contributed by atoms with E-state index in [1.54, 1.807) is 18.2 Å². The molecule has 0 amide bonds. The first-order valence-corrected chi connectivity index (χ1v) is 4.32. The van der Waals surface area contributed by atoms with Crippen LogP contribution in [0.3, 0.4) is 0 Å². The summed E-state index contributed by atoms with van der Waals surface area (Å²) in [4.78, 5) is 13.8. The van der Waals surface area contributed by atoms with Gasteiger partial charge in [0.05, 0.1) is 5.56 Å². The van der Waals surface area contributed by atoms with E-state index in [2.05, 4.69) is 4.98 Å². The number of nitrogens with one attached hydrogen (secondary N) is 1. The molecule has 3 nitrogen and oxygen atoms in total. The molecule has 0 saturated heterocycles. The molecule has 2 rings (SSSR count). The summed E-state index contributed by atoms with van der Waals surface area (Å²) in [6.45, 7) is 0. The molecule has 68 valence electrons. The molecule has 0 aliphatic heterocycles. The number of aromatic amines is 1. The number of aromatic nitrogens is 1. The number of nitrogens with zero attached hydrogens (tertiary/aromatic N) is 1. The number of carbonyl (C=O) groups is 1. The minimum Gasteiger partial charge on any atom is -0.350 e. The van der Waals surface area contributed by atoms with Gasteiger partial charge in [-0.25, -0.2) is 0 Å². The molecule has 0 saturated carbocycles. The molecule has 1 N–H and O–H groups in total. The van der Waals surface area contributed by atoms with E-state index >= 15 is 0 Å². The molecule has 2 aromatic rings.